The zero-order valence-electron chi connectivity index (χ0n) is 12.1. The summed E-state index contributed by atoms with van der Waals surface area (Å²) in [5.74, 6) is 1.96. The normalized spacial score (nSPS) is 31.5. The summed E-state index contributed by atoms with van der Waals surface area (Å²) < 4.78 is 0. The molecule has 2 N–H and O–H groups in total. The van der Waals surface area contributed by atoms with Gasteiger partial charge < -0.3 is 15.3 Å². The Balaban J connectivity index is 1.73. The van der Waals surface area contributed by atoms with E-state index in [1.165, 1.54) is 32.4 Å². The van der Waals surface area contributed by atoms with Crippen LogP contribution in [-0.4, -0.2) is 48.3 Å². The molecule has 18 heavy (non-hydrogen) atoms. The molecule has 1 saturated heterocycles. The molecule has 3 heteroatoms. The molecule has 0 aromatic carbocycles. The highest BCUT2D eigenvalue weighted by atomic mass is 16.3. The van der Waals surface area contributed by atoms with Gasteiger partial charge in [0.25, 0.3) is 0 Å². The molecule has 1 saturated carbocycles. The van der Waals surface area contributed by atoms with Crippen LogP contribution < -0.4 is 5.32 Å². The summed E-state index contributed by atoms with van der Waals surface area (Å²) in [6.45, 7) is 9.32. The summed E-state index contributed by atoms with van der Waals surface area (Å²) in [6.07, 6.45) is 6.54. The lowest BCUT2D eigenvalue weighted by Crippen LogP contribution is -2.48. The van der Waals surface area contributed by atoms with Crippen molar-refractivity contribution in [3.63, 3.8) is 0 Å². The molecule has 3 unspecified atom stereocenters. The minimum absolute atomic E-state index is 0.0896. The minimum Gasteiger partial charge on any atom is -0.394 e. The number of aliphatic hydroxyl groups is 1. The first-order valence-corrected chi connectivity index (χ1v) is 7.75. The molecule has 2 rings (SSSR count). The van der Waals surface area contributed by atoms with Gasteiger partial charge in [-0.15, -0.1) is 0 Å². The number of nitrogens with one attached hydrogen (secondary N) is 1. The van der Waals surface area contributed by atoms with Gasteiger partial charge in [0.2, 0.25) is 0 Å². The largest absolute Gasteiger partial charge is 0.394 e. The molecule has 3 atom stereocenters. The fourth-order valence-electron chi connectivity index (χ4n) is 3.57. The average Bonchev–Trinajstić information content (AvgIpc) is 2.94. The molecule has 3 nitrogen and oxygen atoms in total. The van der Waals surface area contributed by atoms with Gasteiger partial charge in [-0.05, 0) is 57.5 Å². The first-order valence-electron chi connectivity index (χ1n) is 7.75. The van der Waals surface area contributed by atoms with Crippen molar-refractivity contribution in [3.8, 4) is 0 Å². The summed E-state index contributed by atoms with van der Waals surface area (Å²) in [4.78, 5) is 2.62. The zero-order valence-corrected chi connectivity index (χ0v) is 12.1. The molecule has 1 heterocycles. The molecule has 0 spiro atoms. The highest BCUT2D eigenvalue weighted by Gasteiger charge is 2.36. The Hall–Kier alpha value is -0.120. The minimum atomic E-state index is -0.0896. The number of likely N-dealkylation sites (tertiary alicyclic amines) is 1. The molecule has 2 aliphatic rings. The number of rotatable bonds is 7. The van der Waals surface area contributed by atoms with Crippen LogP contribution in [0.2, 0.25) is 0 Å². The fourth-order valence-corrected chi connectivity index (χ4v) is 3.57. The SMILES string of the molecule is CCCNC(C)(CO)CCN1CC2CCCC2C1. The van der Waals surface area contributed by atoms with Gasteiger partial charge in [-0.25, -0.2) is 0 Å². The summed E-state index contributed by atoms with van der Waals surface area (Å²) in [7, 11) is 0. The van der Waals surface area contributed by atoms with Crippen LogP contribution in [-0.2, 0) is 0 Å². The second kappa shape index (κ2) is 6.36. The predicted octanol–water partition coefficient (Wildman–Crippen LogP) is 1.86. The Morgan fingerprint density at radius 1 is 1.28 bits per heavy atom. The van der Waals surface area contributed by atoms with Gasteiger partial charge in [-0.3, -0.25) is 0 Å². The van der Waals surface area contributed by atoms with Crippen LogP contribution in [0.3, 0.4) is 0 Å². The van der Waals surface area contributed by atoms with Crippen LogP contribution in [0.25, 0.3) is 0 Å². The lowest BCUT2D eigenvalue weighted by atomic mass is 9.98. The van der Waals surface area contributed by atoms with Crippen molar-refractivity contribution in [2.24, 2.45) is 11.8 Å². The lowest BCUT2D eigenvalue weighted by Gasteiger charge is -2.31. The predicted molar refractivity (Wildman–Crippen MR) is 75.7 cm³/mol. The van der Waals surface area contributed by atoms with Crippen LogP contribution in [0.5, 0.6) is 0 Å². The molecule has 0 bridgehead atoms. The fraction of sp³-hybridized carbons (Fsp3) is 1.00. The number of aliphatic hydroxyl groups excluding tert-OH is 1. The standard InChI is InChI=1S/C15H30N2O/c1-3-8-16-15(2,12-18)7-9-17-10-13-5-4-6-14(13)11-17/h13-14,16,18H,3-12H2,1-2H3. The van der Waals surface area contributed by atoms with E-state index >= 15 is 0 Å². The van der Waals surface area contributed by atoms with E-state index < -0.39 is 0 Å². The third-order valence-corrected chi connectivity index (χ3v) is 4.93. The Morgan fingerprint density at radius 3 is 2.50 bits per heavy atom. The van der Waals surface area contributed by atoms with E-state index in [1.807, 2.05) is 0 Å². The monoisotopic (exact) mass is 254 g/mol. The average molecular weight is 254 g/mol. The number of nitrogens with zero attached hydrogens (tertiary/aromatic N) is 1. The summed E-state index contributed by atoms with van der Waals surface area (Å²) in [5.41, 5.74) is -0.0896. The maximum Gasteiger partial charge on any atom is 0.0611 e. The second-order valence-electron chi connectivity index (χ2n) is 6.61. The van der Waals surface area contributed by atoms with Crippen LogP contribution in [0.15, 0.2) is 0 Å². The third kappa shape index (κ3) is 3.46. The van der Waals surface area contributed by atoms with E-state index in [0.717, 1.165) is 37.8 Å². The van der Waals surface area contributed by atoms with Gasteiger partial charge in [0.15, 0.2) is 0 Å². The Morgan fingerprint density at radius 2 is 1.94 bits per heavy atom. The van der Waals surface area contributed by atoms with Crippen LogP contribution in [0.4, 0.5) is 0 Å². The topological polar surface area (TPSA) is 35.5 Å². The van der Waals surface area contributed by atoms with Gasteiger partial charge in [0.05, 0.1) is 6.61 Å². The molecule has 2 fully saturated rings. The maximum atomic E-state index is 9.57. The summed E-state index contributed by atoms with van der Waals surface area (Å²) in [5, 5.41) is 13.1. The molecule has 1 aliphatic carbocycles. The number of hydrogen-bond acceptors (Lipinski definition) is 3. The first-order chi connectivity index (χ1) is 8.67. The van der Waals surface area contributed by atoms with Gasteiger partial charge in [0, 0.05) is 18.6 Å². The van der Waals surface area contributed by atoms with Crippen molar-refractivity contribution in [3.05, 3.63) is 0 Å². The van der Waals surface area contributed by atoms with Crippen molar-refractivity contribution >= 4 is 0 Å². The van der Waals surface area contributed by atoms with Crippen molar-refractivity contribution in [1.29, 1.82) is 0 Å². The molecule has 0 radical (unpaired) electrons. The highest BCUT2D eigenvalue weighted by Crippen LogP contribution is 2.37. The van der Waals surface area contributed by atoms with Gasteiger partial charge in [0.1, 0.15) is 0 Å². The molecule has 0 amide bonds. The van der Waals surface area contributed by atoms with Gasteiger partial charge in [-0.2, -0.15) is 0 Å². The van der Waals surface area contributed by atoms with E-state index in [-0.39, 0.29) is 12.1 Å². The van der Waals surface area contributed by atoms with E-state index in [9.17, 15) is 5.11 Å². The Labute approximate surface area is 112 Å². The van der Waals surface area contributed by atoms with Gasteiger partial charge in [-0.1, -0.05) is 13.3 Å². The Bertz CT molecular complexity index is 247. The van der Waals surface area contributed by atoms with E-state index in [4.69, 9.17) is 0 Å². The van der Waals surface area contributed by atoms with Crippen molar-refractivity contribution in [2.75, 3.05) is 32.8 Å². The highest BCUT2D eigenvalue weighted by molar-refractivity contribution is 4.90. The molecular formula is C15H30N2O. The maximum absolute atomic E-state index is 9.57. The first kappa shape index (κ1) is 14.3. The van der Waals surface area contributed by atoms with Crippen molar-refractivity contribution in [1.82, 2.24) is 10.2 Å². The molecular weight excluding hydrogens is 224 g/mol. The quantitative estimate of drug-likeness (QED) is 0.728. The molecule has 106 valence electrons. The van der Waals surface area contributed by atoms with Crippen LogP contribution in [0, 0.1) is 11.8 Å². The van der Waals surface area contributed by atoms with E-state index in [2.05, 4.69) is 24.1 Å². The second-order valence-corrected chi connectivity index (χ2v) is 6.61. The smallest absolute Gasteiger partial charge is 0.0611 e. The van der Waals surface area contributed by atoms with Crippen molar-refractivity contribution < 1.29 is 5.11 Å². The third-order valence-electron chi connectivity index (χ3n) is 4.93. The zero-order chi connectivity index (χ0) is 13.0. The van der Waals surface area contributed by atoms with E-state index in [0.29, 0.717) is 0 Å². The summed E-state index contributed by atoms with van der Waals surface area (Å²) in [6, 6.07) is 0. The summed E-state index contributed by atoms with van der Waals surface area (Å²) >= 11 is 0. The Kier molecular flexibility index (Phi) is 5.05. The number of hydrogen-bond donors (Lipinski definition) is 2. The van der Waals surface area contributed by atoms with Gasteiger partial charge >= 0.3 is 0 Å². The molecule has 0 aromatic heterocycles. The molecule has 0 aromatic rings. The molecule has 1 aliphatic heterocycles. The van der Waals surface area contributed by atoms with E-state index in [1.54, 1.807) is 0 Å². The van der Waals surface area contributed by atoms with Crippen LogP contribution >= 0.6 is 0 Å². The lowest BCUT2D eigenvalue weighted by molar-refractivity contribution is 0.149. The number of fused-ring (bicyclic) bond motifs is 1. The van der Waals surface area contributed by atoms with Crippen molar-refractivity contribution in [2.45, 2.75) is 51.5 Å². The van der Waals surface area contributed by atoms with Crippen LogP contribution in [0.1, 0.15) is 46.0 Å².